The standard InChI is InChI=1S/C9H15N3O/c1-8(7-10)9(13)11-12-5-3-2-4-6-12/h8H,2-6H2,1H3,(H,11,13). The molecule has 72 valence electrons. The van der Waals surface area contributed by atoms with E-state index in [-0.39, 0.29) is 5.91 Å². The predicted molar refractivity (Wildman–Crippen MR) is 48.3 cm³/mol. The zero-order valence-corrected chi connectivity index (χ0v) is 7.92. The van der Waals surface area contributed by atoms with Crippen molar-refractivity contribution in [1.29, 1.82) is 5.26 Å². The van der Waals surface area contributed by atoms with E-state index in [1.807, 2.05) is 11.1 Å². The second-order valence-electron chi connectivity index (χ2n) is 3.37. The maximum atomic E-state index is 11.3. The lowest BCUT2D eigenvalue weighted by molar-refractivity contribution is -0.128. The van der Waals surface area contributed by atoms with E-state index in [0.717, 1.165) is 25.9 Å². The van der Waals surface area contributed by atoms with Crippen LogP contribution in [0.2, 0.25) is 0 Å². The summed E-state index contributed by atoms with van der Waals surface area (Å²) in [6.45, 7) is 3.42. The van der Waals surface area contributed by atoms with Crippen molar-refractivity contribution in [3.63, 3.8) is 0 Å². The molecule has 0 saturated carbocycles. The van der Waals surface area contributed by atoms with Crippen LogP contribution in [-0.2, 0) is 4.79 Å². The first-order valence-electron chi connectivity index (χ1n) is 4.69. The molecule has 1 aliphatic rings. The zero-order valence-electron chi connectivity index (χ0n) is 7.92. The SMILES string of the molecule is CC(C#N)C(=O)NN1CCCCC1. The highest BCUT2D eigenvalue weighted by atomic mass is 16.2. The molecule has 1 N–H and O–H groups in total. The molecule has 1 unspecified atom stereocenters. The number of hydrazine groups is 1. The van der Waals surface area contributed by atoms with Crippen LogP contribution in [0.4, 0.5) is 0 Å². The van der Waals surface area contributed by atoms with Crippen molar-refractivity contribution in [1.82, 2.24) is 10.4 Å². The molecule has 0 aromatic carbocycles. The quantitative estimate of drug-likeness (QED) is 0.681. The van der Waals surface area contributed by atoms with Crippen molar-refractivity contribution in [2.75, 3.05) is 13.1 Å². The van der Waals surface area contributed by atoms with Gasteiger partial charge in [0.05, 0.1) is 6.07 Å². The molecule has 1 rings (SSSR count). The Kier molecular flexibility index (Phi) is 3.71. The predicted octanol–water partition coefficient (Wildman–Crippen LogP) is 0.663. The summed E-state index contributed by atoms with van der Waals surface area (Å²) in [5.74, 6) is -0.744. The van der Waals surface area contributed by atoms with Gasteiger partial charge in [-0.25, -0.2) is 5.01 Å². The molecule has 1 aliphatic heterocycles. The van der Waals surface area contributed by atoms with Crippen molar-refractivity contribution in [2.24, 2.45) is 5.92 Å². The number of carbonyl (C=O) groups is 1. The maximum Gasteiger partial charge on any atom is 0.251 e. The highest BCUT2D eigenvalue weighted by Crippen LogP contribution is 2.06. The summed E-state index contributed by atoms with van der Waals surface area (Å²) in [7, 11) is 0. The fourth-order valence-electron chi connectivity index (χ4n) is 1.32. The molecule has 0 aliphatic carbocycles. The third-order valence-corrected chi connectivity index (χ3v) is 2.21. The van der Waals surface area contributed by atoms with Crippen LogP contribution in [0.25, 0.3) is 0 Å². The molecule has 1 fully saturated rings. The van der Waals surface area contributed by atoms with Crippen LogP contribution < -0.4 is 5.43 Å². The Morgan fingerprint density at radius 2 is 2.08 bits per heavy atom. The Morgan fingerprint density at radius 1 is 1.46 bits per heavy atom. The molecular formula is C9H15N3O. The molecule has 0 aromatic rings. The summed E-state index contributed by atoms with van der Waals surface area (Å²) >= 11 is 0. The van der Waals surface area contributed by atoms with E-state index < -0.39 is 5.92 Å². The van der Waals surface area contributed by atoms with Crippen molar-refractivity contribution in [3.05, 3.63) is 0 Å². The zero-order chi connectivity index (χ0) is 9.68. The lowest BCUT2D eigenvalue weighted by Gasteiger charge is -2.27. The van der Waals surface area contributed by atoms with Gasteiger partial charge in [0.2, 0.25) is 0 Å². The largest absolute Gasteiger partial charge is 0.288 e. The molecule has 0 bridgehead atoms. The van der Waals surface area contributed by atoms with E-state index in [2.05, 4.69) is 5.43 Å². The van der Waals surface area contributed by atoms with Crippen molar-refractivity contribution < 1.29 is 4.79 Å². The van der Waals surface area contributed by atoms with Crippen LogP contribution >= 0.6 is 0 Å². The average molecular weight is 181 g/mol. The van der Waals surface area contributed by atoms with Crippen LogP contribution in [0.3, 0.4) is 0 Å². The number of piperidine rings is 1. The monoisotopic (exact) mass is 181 g/mol. The lowest BCUT2D eigenvalue weighted by atomic mass is 10.1. The van der Waals surface area contributed by atoms with E-state index in [1.54, 1.807) is 6.92 Å². The van der Waals surface area contributed by atoms with Gasteiger partial charge >= 0.3 is 0 Å². The highest BCUT2D eigenvalue weighted by molar-refractivity contribution is 5.80. The number of nitrogens with zero attached hydrogens (tertiary/aromatic N) is 2. The van der Waals surface area contributed by atoms with Gasteiger partial charge in [0, 0.05) is 13.1 Å². The molecule has 0 radical (unpaired) electrons. The first-order valence-corrected chi connectivity index (χ1v) is 4.69. The van der Waals surface area contributed by atoms with Gasteiger partial charge in [0.15, 0.2) is 0 Å². The normalized spacial score (nSPS) is 20.3. The topological polar surface area (TPSA) is 56.1 Å². The van der Waals surface area contributed by atoms with Crippen molar-refractivity contribution >= 4 is 5.91 Å². The summed E-state index contributed by atoms with van der Waals surface area (Å²) in [6.07, 6.45) is 3.49. The second-order valence-corrected chi connectivity index (χ2v) is 3.37. The maximum absolute atomic E-state index is 11.3. The average Bonchev–Trinajstić information content (AvgIpc) is 2.18. The number of amides is 1. The second kappa shape index (κ2) is 4.83. The minimum atomic E-state index is -0.554. The number of hydrogen-bond donors (Lipinski definition) is 1. The summed E-state index contributed by atoms with van der Waals surface area (Å²) in [5.41, 5.74) is 2.74. The van der Waals surface area contributed by atoms with Crippen molar-refractivity contribution in [3.8, 4) is 6.07 Å². The number of nitriles is 1. The van der Waals surface area contributed by atoms with Gasteiger partial charge in [-0.15, -0.1) is 0 Å². The molecule has 4 nitrogen and oxygen atoms in total. The molecule has 1 saturated heterocycles. The van der Waals surface area contributed by atoms with Gasteiger partial charge in [-0.1, -0.05) is 6.42 Å². The van der Waals surface area contributed by atoms with E-state index >= 15 is 0 Å². The summed E-state index contributed by atoms with van der Waals surface area (Å²) in [6, 6.07) is 1.92. The Labute approximate surface area is 78.5 Å². The van der Waals surface area contributed by atoms with Crippen LogP contribution in [0.15, 0.2) is 0 Å². The van der Waals surface area contributed by atoms with Gasteiger partial charge < -0.3 is 0 Å². The van der Waals surface area contributed by atoms with Crippen LogP contribution in [0, 0.1) is 17.2 Å². The van der Waals surface area contributed by atoms with Gasteiger partial charge in [-0.2, -0.15) is 5.26 Å². The Bertz CT molecular complexity index is 215. The molecule has 1 amide bonds. The van der Waals surface area contributed by atoms with Crippen molar-refractivity contribution in [2.45, 2.75) is 26.2 Å². The molecule has 1 atom stereocenters. The van der Waals surface area contributed by atoms with Gasteiger partial charge in [-0.05, 0) is 19.8 Å². The molecule has 0 spiro atoms. The smallest absolute Gasteiger partial charge is 0.251 e. The lowest BCUT2D eigenvalue weighted by Crippen LogP contribution is -2.46. The molecule has 13 heavy (non-hydrogen) atoms. The Hall–Kier alpha value is -1.08. The Morgan fingerprint density at radius 3 is 2.62 bits per heavy atom. The highest BCUT2D eigenvalue weighted by Gasteiger charge is 2.16. The van der Waals surface area contributed by atoms with E-state index in [0.29, 0.717) is 0 Å². The summed E-state index contributed by atoms with van der Waals surface area (Å²) in [4.78, 5) is 11.3. The fourth-order valence-corrected chi connectivity index (χ4v) is 1.32. The van der Waals surface area contributed by atoms with Crippen LogP contribution in [0.1, 0.15) is 26.2 Å². The number of nitrogens with one attached hydrogen (secondary N) is 1. The van der Waals surface area contributed by atoms with E-state index in [9.17, 15) is 4.79 Å². The number of hydrogen-bond acceptors (Lipinski definition) is 3. The minimum Gasteiger partial charge on any atom is -0.288 e. The van der Waals surface area contributed by atoms with Crippen LogP contribution in [0.5, 0.6) is 0 Å². The number of rotatable bonds is 2. The van der Waals surface area contributed by atoms with Gasteiger partial charge in [0.25, 0.3) is 5.91 Å². The summed E-state index contributed by atoms with van der Waals surface area (Å²) in [5, 5.41) is 10.4. The molecule has 4 heteroatoms. The first-order chi connectivity index (χ1) is 6.24. The fraction of sp³-hybridized carbons (Fsp3) is 0.778. The number of carbonyl (C=O) groups excluding carboxylic acids is 1. The minimum absolute atomic E-state index is 0.190. The molecular weight excluding hydrogens is 166 g/mol. The van der Waals surface area contributed by atoms with Crippen LogP contribution in [-0.4, -0.2) is 24.0 Å². The third kappa shape index (κ3) is 3.03. The van der Waals surface area contributed by atoms with Gasteiger partial charge in [0.1, 0.15) is 5.92 Å². The molecule has 0 aromatic heterocycles. The third-order valence-electron chi connectivity index (χ3n) is 2.21. The Balaban J connectivity index is 2.31. The molecule has 1 heterocycles. The van der Waals surface area contributed by atoms with E-state index in [4.69, 9.17) is 5.26 Å². The summed E-state index contributed by atoms with van der Waals surface area (Å²) < 4.78 is 0. The van der Waals surface area contributed by atoms with E-state index in [1.165, 1.54) is 6.42 Å². The van der Waals surface area contributed by atoms with Gasteiger partial charge in [-0.3, -0.25) is 10.2 Å². The first kappa shape index (κ1) is 10.0.